The number of fused-ring (bicyclic) bond motifs is 1. The molecule has 2 aliphatic rings. The normalized spacial score (nSPS) is 18.9. The van der Waals surface area contributed by atoms with E-state index in [4.69, 9.17) is 9.47 Å². The lowest BCUT2D eigenvalue weighted by atomic mass is 9.81. The Morgan fingerprint density at radius 3 is 2.60 bits per heavy atom. The average Bonchev–Trinajstić information content (AvgIpc) is 2.52. The maximum atomic E-state index is 12.7. The number of Topliss-reactive ketones (excluding diaryl/α,β-unsaturated/α-hetero) is 1. The summed E-state index contributed by atoms with van der Waals surface area (Å²) >= 11 is 0. The van der Waals surface area contributed by atoms with Crippen LogP contribution < -0.4 is 4.74 Å². The SMILES string of the molecule is Cc1cc(C)c2c(c1)OC1(CCN(C(=O)OCC(C)C)CC1)CC2=O. The van der Waals surface area contributed by atoms with Gasteiger partial charge in [0, 0.05) is 25.9 Å². The summed E-state index contributed by atoms with van der Waals surface area (Å²) in [5.74, 6) is 1.17. The zero-order chi connectivity index (χ0) is 18.2. The van der Waals surface area contributed by atoms with Crippen LogP contribution >= 0.6 is 0 Å². The Balaban J connectivity index is 1.69. The molecule has 0 unspecified atom stereocenters. The number of carbonyl (C=O) groups is 2. The molecule has 2 heterocycles. The highest BCUT2D eigenvalue weighted by Crippen LogP contribution is 2.41. The first-order valence-electron chi connectivity index (χ1n) is 9.05. The van der Waals surface area contributed by atoms with E-state index in [1.807, 2.05) is 39.8 Å². The molecule has 2 aliphatic heterocycles. The Labute approximate surface area is 149 Å². The molecular weight excluding hydrogens is 318 g/mol. The Hall–Kier alpha value is -2.04. The number of hydrogen-bond donors (Lipinski definition) is 0. The maximum absolute atomic E-state index is 12.7. The second kappa shape index (κ2) is 6.70. The van der Waals surface area contributed by atoms with Crippen molar-refractivity contribution in [1.82, 2.24) is 4.90 Å². The molecular formula is C20H27NO4. The molecule has 1 spiro atoms. The topological polar surface area (TPSA) is 55.8 Å². The van der Waals surface area contributed by atoms with Crippen molar-refractivity contribution in [2.24, 2.45) is 5.92 Å². The number of nitrogens with zero attached hydrogens (tertiary/aromatic N) is 1. The van der Waals surface area contributed by atoms with E-state index in [2.05, 4.69) is 0 Å². The summed E-state index contributed by atoms with van der Waals surface area (Å²) in [4.78, 5) is 26.5. The highest BCUT2D eigenvalue weighted by atomic mass is 16.6. The van der Waals surface area contributed by atoms with E-state index in [1.54, 1.807) is 4.90 Å². The van der Waals surface area contributed by atoms with E-state index in [9.17, 15) is 9.59 Å². The van der Waals surface area contributed by atoms with Crippen molar-refractivity contribution >= 4 is 11.9 Å². The zero-order valence-corrected chi connectivity index (χ0v) is 15.6. The second-order valence-electron chi connectivity index (χ2n) is 7.80. The summed E-state index contributed by atoms with van der Waals surface area (Å²) in [6, 6.07) is 3.97. The molecule has 0 saturated carbocycles. The molecule has 1 saturated heterocycles. The number of benzene rings is 1. The van der Waals surface area contributed by atoms with Crippen molar-refractivity contribution in [2.75, 3.05) is 19.7 Å². The molecule has 0 radical (unpaired) electrons. The Morgan fingerprint density at radius 2 is 1.96 bits per heavy atom. The second-order valence-corrected chi connectivity index (χ2v) is 7.80. The summed E-state index contributed by atoms with van der Waals surface area (Å²) in [5, 5.41) is 0. The predicted molar refractivity (Wildman–Crippen MR) is 95.2 cm³/mol. The summed E-state index contributed by atoms with van der Waals surface area (Å²) in [5.41, 5.74) is 2.30. The van der Waals surface area contributed by atoms with Gasteiger partial charge in [-0.05, 0) is 37.0 Å². The van der Waals surface area contributed by atoms with E-state index in [1.165, 1.54) is 0 Å². The zero-order valence-electron chi connectivity index (χ0n) is 15.6. The van der Waals surface area contributed by atoms with Crippen LogP contribution in [0.2, 0.25) is 0 Å². The van der Waals surface area contributed by atoms with Gasteiger partial charge in [0.15, 0.2) is 5.78 Å². The van der Waals surface area contributed by atoms with Crippen LogP contribution in [-0.2, 0) is 4.74 Å². The first-order chi connectivity index (χ1) is 11.8. The molecule has 1 aromatic carbocycles. The fourth-order valence-corrected chi connectivity index (χ4v) is 3.72. The molecule has 3 rings (SSSR count). The molecule has 0 aromatic heterocycles. The van der Waals surface area contributed by atoms with Gasteiger partial charge in [0.05, 0.1) is 18.6 Å². The van der Waals surface area contributed by atoms with Crippen LogP contribution in [0.4, 0.5) is 4.79 Å². The average molecular weight is 345 g/mol. The van der Waals surface area contributed by atoms with Gasteiger partial charge in [-0.25, -0.2) is 4.79 Å². The third-order valence-corrected chi connectivity index (χ3v) is 5.00. The molecule has 1 aromatic rings. The lowest BCUT2D eigenvalue weighted by molar-refractivity contribution is -0.0101. The van der Waals surface area contributed by atoms with E-state index in [0.717, 1.165) is 16.7 Å². The number of likely N-dealkylation sites (tertiary alicyclic amines) is 1. The summed E-state index contributed by atoms with van der Waals surface area (Å²) in [6.07, 6.45) is 1.43. The number of amides is 1. The number of ketones is 1. The van der Waals surface area contributed by atoms with E-state index in [0.29, 0.717) is 50.6 Å². The van der Waals surface area contributed by atoms with Gasteiger partial charge in [0.25, 0.3) is 0 Å². The van der Waals surface area contributed by atoms with Crippen molar-refractivity contribution < 1.29 is 19.1 Å². The largest absolute Gasteiger partial charge is 0.486 e. The van der Waals surface area contributed by atoms with Crippen molar-refractivity contribution in [3.63, 3.8) is 0 Å². The Kier molecular flexibility index (Phi) is 4.76. The monoisotopic (exact) mass is 345 g/mol. The van der Waals surface area contributed by atoms with Crippen LogP contribution in [0.5, 0.6) is 5.75 Å². The highest BCUT2D eigenvalue weighted by Gasteiger charge is 2.44. The third-order valence-electron chi connectivity index (χ3n) is 5.00. The fraction of sp³-hybridized carbons (Fsp3) is 0.600. The van der Waals surface area contributed by atoms with Gasteiger partial charge in [-0.3, -0.25) is 4.79 Å². The standard InChI is InChI=1S/C20H27NO4/c1-13(2)12-24-19(23)21-7-5-20(6-8-21)11-16(22)18-15(4)9-14(3)10-17(18)25-20/h9-10,13H,5-8,11-12H2,1-4H3. The predicted octanol–water partition coefficient (Wildman–Crippen LogP) is 3.90. The lowest BCUT2D eigenvalue weighted by Crippen LogP contribution is -2.52. The van der Waals surface area contributed by atoms with Crippen molar-refractivity contribution in [3.8, 4) is 5.75 Å². The van der Waals surface area contributed by atoms with Crippen LogP contribution in [0, 0.1) is 19.8 Å². The van der Waals surface area contributed by atoms with Gasteiger partial charge in [-0.1, -0.05) is 19.9 Å². The maximum Gasteiger partial charge on any atom is 0.409 e. The Bertz CT molecular complexity index is 687. The minimum atomic E-state index is -0.487. The van der Waals surface area contributed by atoms with Gasteiger partial charge in [0.2, 0.25) is 0 Å². The minimum Gasteiger partial charge on any atom is -0.486 e. The quantitative estimate of drug-likeness (QED) is 0.816. The van der Waals surface area contributed by atoms with Gasteiger partial charge in [-0.2, -0.15) is 0 Å². The summed E-state index contributed by atoms with van der Waals surface area (Å²) in [7, 11) is 0. The summed E-state index contributed by atoms with van der Waals surface area (Å²) < 4.78 is 11.6. The van der Waals surface area contributed by atoms with Crippen molar-refractivity contribution in [2.45, 2.75) is 52.6 Å². The molecule has 0 bridgehead atoms. The van der Waals surface area contributed by atoms with Crippen LogP contribution in [-0.4, -0.2) is 42.1 Å². The molecule has 136 valence electrons. The molecule has 1 amide bonds. The molecule has 1 fully saturated rings. The number of rotatable bonds is 2. The molecule has 5 nitrogen and oxygen atoms in total. The molecule has 0 N–H and O–H groups in total. The number of aryl methyl sites for hydroxylation is 2. The smallest absolute Gasteiger partial charge is 0.409 e. The van der Waals surface area contributed by atoms with Crippen molar-refractivity contribution in [3.05, 3.63) is 28.8 Å². The fourth-order valence-electron chi connectivity index (χ4n) is 3.72. The number of hydrogen-bond acceptors (Lipinski definition) is 4. The number of carbonyl (C=O) groups excluding carboxylic acids is 2. The number of piperidine rings is 1. The van der Waals surface area contributed by atoms with Gasteiger partial charge in [-0.15, -0.1) is 0 Å². The van der Waals surface area contributed by atoms with Gasteiger partial charge < -0.3 is 14.4 Å². The summed E-state index contributed by atoms with van der Waals surface area (Å²) in [6.45, 7) is 9.55. The van der Waals surface area contributed by atoms with E-state index < -0.39 is 5.60 Å². The first kappa shape index (κ1) is 17.8. The van der Waals surface area contributed by atoms with Gasteiger partial charge in [0.1, 0.15) is 11.4 Å². The highest BCUT2D eigenvalue weighted by molar-refractivity contribution is 6.01. The molecule has 0 atom stereocenters. The molecule has 5 heteroatoms. The Morgan fingerprint density at radius 1 is 1.28 bits per heavy atom. The molecule has 25 heavy (non-hydrogen) atoms. The number of ether oxygens (including phenoxy) is 2. The molecule has 0 aliphatic carbocycles. The third kappa shape index (κ3) is 3.65. The van der Waals surface area contributed by atoms with Crippen LogP contribution in [0.25, 0.3) is 0 Å². The first-order valence-corrected chi connectivity index (χ1v) is 9.05. The van der Waals surface area contributed by atoms with Crippen LogP contribution in [0.15, 0.2) is 12.1 Å². The van der Waals surface area contributed by atoms with Crippen LogP contribution in [0.3, 0.4) is 0 Å². The van der Waals surface area contributed by atoms with E-state index in [-0.39, 0.29) is 11.9 Å². The minimum absolute atomic E-state index is 0.148. The van der Waals surface area contributed by atoms with E-state index >= 15 is 0 Å². The van der Waals surface area contributed by atoms with Crippen molar-refractivity contribution in [1.29, 1.82) is 0 Å². The van der Waals surface area contributed by atoms with Crippen LogP contribution in [0.1, 0.15) is 54.6 Å². The lowest BCUT2D eigenvalue weighted by Gasteiger charge is -2.43. The van der Waals surface area contributed by atoms with Gasteiger partial charge >= 0.3 is 6.09 Å².